The van der Waals surface area contributed by atoms with E-state index in [2.05, 4.69) is 6.92 Å². The molecule has 3 nitrogen and oxygen atoms in total. The molecule has 0 amide bonds. The Morgan fingerprint density at radius 3 is 2.08 bits per heavy atom. The molecule has 0 radical (unpaired) electrons. The second-order valence-corrected chi connectivity index (χ2v) is 3.75. The van der Waals surface area contributed by atoms with Crippen LogP contribution in [0.2, 0.25) is 0 Å². The van der Waals surface area contributed by atoms with Gasteiger partial charge in [0.2, 0.25) is 0 Å². The van der Waals surface area contributed by atoms with Crippen LogP contribution in [0.15, 0.2) is 0 Å². The molecule has 1 fully saturated rings. The van der Waals surface area contributed by atoms with Crippen molar-refractivity contribution in [3.05, 3.63) is 0 Å². The molecule has 0 aromatic heterocycles. The van der Waals surface area contributed by atoms with Crippen LogP contribution in [0.4, 0.5) is 0 Å². The molecule has 12 heavy (non-hydrogen) atoms. The van der Waals surface area contributed by atoms with Gasteiger partial charge in [0.1, 0.15) is 5.60 Å². The first-order valence-corrected chi connectivity index (χ1v) is 4.54. The van der Waals surface area contributed by atoms with Crippen LogP contribution in [0.3, 0.4) is 0 Å². The lowest BCUT2D eigenvalue weighted by atomic mass is 10.0. The highest BCUT2D eigenvalue weighted by Crippen LogP contribution is 2.30. The topological polar surface area (TPSA) is 27.7 Å². The Morgan fingerprint density at radius 1 is 1.08 bits per heavy atom. The molecule has 2 atom stereocenters. The molecule has 2 unspecified atom stereocenters. The third-order valence-corrected chi connectivity index (χ3v) is 2.49. The Bertz CT molecular complexity index is 130. The SMILES string of the molecule is CCC1(C)COC(C)(CC)OO1. The normalized spacial score (nSPS) is 43.0. The summed E-state index contributed by atoms with van der Waals surface area (Å²) >= 11 is 0. The molecule has 0 aromatic carbocycles. The quantitative estimate of drug-likeness (QED) is 0.601. The number of rotatable bonds is 2. The van der Waals surface area contributed by atoms with Gasteiger partial charge in [0.15, 0.2) is 5.79 Å². The lowest BCUT2D eigenvalue weighted by Gasteiger charge is -2.40. The monoisotopic (exact) mass is 174 g/mol. The standard InChI is InChI=1S/C9H18O3/c1-5-8(3)7-10-9(4,6-2)12-11-8/h5-7H2,1-4H3. The lowest BCUT2D eigenvalue weighted by molar-refractivity contribution is -0.505. The predicted molar refractivity (Wildman–Crippen MR) is 45.5 cm³/mol. The summed E-state index contributed by atoms with van der Waals surface area (Å²) in [7, 11) is 0. The molecule has 0 aliphatic carbocycles. The highest BCUT2D eigenvalue weighted by Gasteiger charge is 2.39. The van der Waals surface area contributed by atoms with Crippen molar-refractivity contribution >= 4 is 0 Å². The van der Waals surface area contributed by atoms with Crippen molar-refractivity contribution in [1.29, 1.82) is 0 Å². The number of ether oxygens (including phenoxy) is 1. The summed E-state index contributed by atoms with van der Waals surface area (Å²) in [6.45, 7) is 8.55. The molecule has 0 bridgehead atoms. The Balaban J connectivity index is 2.49. The number of hydrogen-bond donors (Lipinski definition) is 0. The van der Waals surface area contributed by atoms with E-state index in [1.54, 1.807) is 0 Å². The molecule has 1 heterocycles. The summed E-state index contributed by atoms with van der Waals surface area (Å²) in [5.41, 5.74) is -0.269. The molecule has 1 rings (SSSR count). The molecule has 72 valence electrons. The van der Waals surface area contributed by atoms with Gasteiger partial charge >= 0.3 is 0 Å². The van der Waals surface area contributed by atoms with E-state index in [1.807, 2.05) is 20.8 Å². The molecule has 0 saturated carbocycles. The van der Waals surface area contributed by atoms with Gasteiger partial charge in [-0.1, -0.05) is 13.8 Å². The first-order valence-electron chi connectivity index (χ1n) is 4.54. The average Bonchev–Trinajstić information content (AvgIpc) is 2.11. The van der Waals surface area contributed by atoms with E-state index in [1.165, 1.54) is 0 Å². The van der Waals surface area contributed by atoms with Crippen LogP contribution in [0.1, 0.15) is 40.5 Å². The summed E-state index contributed by atoms with van der Waals surface area (Å²) in [5, 5.41) is 0. The molecule has 0 aromatic rings. The molecular formula is C9H18O3. The fourth-order valence-electron chi connectivity index (χ4n) is 0.864. The maximum Gasteiger partial charge on any atom is 0.198 e. The zero-order valence-electron chi connectivity index (χ0n) is 8.35. The fourth-order valence-corrected chi connectivity index (χ4v) is 0.864. The van der Waals surface area contributed by atoms with Gasteiger partial charge in [0.05, 0.1) is 6.61 Å². The van der Waals surface area contributed by atoms with E-state index < -0.39 is 5.79 Å². The van der Waals surface area contributed by atoms with Crippen LogP contribution in [0.5, 0.6) is 0 Å². The molecule has 1 aliphatic rings. The fraction of sp³-hybridized carbons (Fsp3) is 1.00. The summed E-state index contributed by atoms with van der Waals surface area (Å²) < 4.78 is 5.57. The van der Waals surface area contributed by atoms with E-state index >= 15 is 0 Å². The van der Waals surface area contributed by atoms with Gasteiger partial charge in [-0.05, 0) is 20.3 Å². The summed E-state index contributed by atoms with van der Waals surface area (Å²) in [6, 6.07) is 0. The van der Waals surface area contributed by atoms with Gasteiger partial charge in [0, 0.05) is 6.42 Å². The third-order valence-electron chi connectivity index (χ3n) is 2.49. The van der Waals surface area contributed by atoms with Crippen LogP contribution in [0, 0.1) is 0 Å². The predicted octanol–water partition coefficient (Wildman–Crippen LogP) is 2.26. The Hall–Kier alpha value is -0.120. The molecule has 1 aliphatic heterocycles. The van der Waals surface area contributed by atoms with E-state index in [0.717, 1.165) is 12.8 Å². The Labute approximate surface area is 73.9 Å². The van der Waals surface area contributed by atoms with Crippen molar-refractivity contribution in [2.75, 3.05) is 6.61 Å². The van der Waals surface area contributed by atoms with E-state index in [-0.39, 0.29) is 5.60 Å². The van der Waals surface area contributed by atoms with Crippen molar-refractivity contribution in [2.45, 2.75) is 51.9 Å². The van der Waals surface area contributed by atoms with Gasteiger partial charge in [-0.2, -0.15) is 0 Å². The van der Waals surface area contributed by atoms with E-state index in [4.69, 9.17) is 14.5 Å². The summed E-state index contributed by atoms with van der Waals surface area (Å²) in [4.78, 5) is 10.5. The minimum atomic E-state index is -0.547. The first kappa shape index (κ1) is 9.96. The van der Waals surface area contributed by atoms with Crippen LogP contribution in [-0.2, 0) is 14.5 Å². The van der Waals surface area contributed by atoms with Crippen LogP contribution < -0.4 is 0 Å². The van der Waals surface area contributed by atoms with Crippen LogP contribution in [0.25, 0.3) is 0 Å². The second-order valence-electron chi connectivity index (χ2n) is 3.75. The van der Waals surface area contributed by atoms with E-state index in [0.29, 0.717) is 6.61 Å². The minimum absolute atomic E-state index is 0.269. The van der Waals surface area contributed by atoms with Crippen molar-refractivity contribution in [2.24, 2.45) is 0 Å². The first-order chi connectivity index (χ1) is 5.54. The summed E-state index contributed by atoms with van der Waals surface area (Å²) in [6.07, 6.45) is 1.69. The van der Waals surface area contributed by atoms with Crippen molar-refractivity contribution < 1.29 is 14.5 Å². The maximum atomic E-state index is 5.57. The van der Waals surface area contributed by atoms with Gasteiger partial charge < -0.3 is 4.74 Å². The Morgan fingerprint density at radius 2 is 1.75 bits per heavy atom. The zero-order chi connectivity index (χ0) is 9.24. The number of hydrogen-bond acceptors (Lipinski definition) is 3. The van der Waals surface area contributed by atoms with Crippen molar-refractivity contribution in [1.82, 2.24) is 0 Å². The summed E-state index contributed by atoms with van der Waals surface area (Å²) in [5.74, 6) is -0.547. The molecule has 0 N–H and O–H groups in total. The molecule has 0 spiro atoms. The highest BCUT2D eigenvalue weighted by atomic mass is 17.2. The molecule has 1 saturated heterocycles. The highest BCUT2D eigenvalue weighted by molar-refractivity contribution is 4.75. The molecule has 3 heteroatoms. The average molecular weight is 174 g/mol. The minimum Gasteiger partial charge on any atom is -0.344 e. The lowest BCUT2D eigenvalue weighted by Crippen LogP contribution is -2.48. The van der Waals surface area contributed by atoms with Crippen LogP contribution >= 0.6 is 0 Å². The second kappa shape index (κ2) is 3.32. The molecular weight excluding hydrogens is 156 g/mol. The third kappa shape index (κ3) is 1.97. The van der Waals surface area contributed by atoms with Gasteiger partial charge in [-0.3, -0.25) is 0 Å². The largest absolute Gasteiger partial charge is 0.344 e. The van der Waals surface area contributed by atoms with Gasteiger partial charge in [-0.25, -0.2) is 9.78 Å². The van der Waals surface area contributed by atoms with Crippen molar-refractivity contribution in [3.8, 4) is 0 Å². The van der Waals surface area contributed by atoms with Gasteiger partial charge in [-0.15, -0.1) is 0 Å². The van der Waals surface area contributed by atoms with Crippen LogP contribution in [-0.4, -0.2) is 18.0 Å². The maximum absolute atomic E-state index is 5.57. The zero-order valence-corrected chi connectivity index (χ0v) is 8.35. The van der Waals surface area contributed by atoms with E-state index in [9.17, 15) is 0 Å². The van der Waals surface area contributed by atoms with Crippen molar-refractivity contribution in [3.63, 3.8) is 0 Å². The Kier molecular flexibility index (Phi) is 2.76. The van der Waals surface area contributed by atoms with Gasteiger partial charge in [0.25, 0.3) is 0 Å². The smallest absolute Gasteiger partial charge is 0.198 e.